The van der Waals surface area contributed by atoms with Gasteiger partial charge in [0.05, 0.1) is 0 Å². The lowest BCUT2D eigenvalue weighted by molar-refractivity contribution is 0.171. The average Bonchev–Trinajstić information content (AvgIpc) is 2.35. The van der Waals surface area contributed by atoms with Crippen LogP contribution in [0.15, 0.2) is 0 Å². The van der Waals surface area contributed by atoms with Crippen molar-refractivity contribution in [1.82, 2.24) is 10.6 Å². The molecule has 0 aliphatic carbocycles. The van der Waals surface area contributed by atoms with E-state index >= 15 is 0 Å². The summed E-state index contributed by atoms with van der Waals surface area (Å²) in [4.78, 5) is 0. The van der Waals surface area contributed by atoms with Gasteiger partial charge in [0.25, 0.3) is 0 Å². The third-order valence-electron chi connectivity index (χ3n) is 5.51. The van der Waals surface area contributed by atoms with Gasteiger partial charge in [0.2, 0.25) is 0 Å². The molecule has 114 valence electrons. The SMILES string of the molecule is CC[C@@H]1NC(C)C(C)C(C)CC(C)NC(C)[C@@H]1CC. The van der Waals surface area contributed by atoms with Gasteiger partial charge in [-0.15, -0.1) is 0 Å². The third-order valence-corrected chi connectivity index (χ3v) is 5.51. The summed E-state index contributed by atoms with van der Waals surface area (Å²) in [6, 6.07) is 2.49. The van der Waals surface area contributed by atoms with Gasteiger partial charge in [0.1, 0.15) is 0 Å². The quantitative estimate of drug-likeness (QED) is 0.796. The minimum absolute atomic E-state index is 0.602. The summed E-state index contributed by atoms with van der Waals surface area (Å²) in [6.07, 6.45) is 3.76. The zero-order valence-electron chi connectivity index (χ0n) is 14.2. The Morgan fingerprint density at radius 3 is 2.00 bits per heavy atom. The molecule has 0 radical (unpaired) electrons. The van der Waals surface area contributed by atoms with E-state index in [1.165, 1.54) is 19.3 Å². The van der Waals surface area contributed by atoms with Gasteiger partial charge < -0.3 is 10.6 Å². The van der Waals surface area contributed by atoms with Crippen molar-refractivity contribution in [2.45, 2.75) is 91.9 Å². The van der Waals surface area contributed by atoms with E-state index in [4.69, 9.17) is 0 Å². The van der Waals surface area contributed by atoms with E-state index in [0.717, 1.165) is 17.8 Å². The molecule has 2 N–H and O–H groups in total. The van der Waals surface area contributed by atoms with Crippen molar-refractivity contribution >= 4 is 0 Å². The van der Waals surface area contributed by atoms with Gasteiger partial charge in [-0.3, -0.25) is 0 Å². The van der Waals surface area contributed by atoms with E-state index in [9.17, 15) is 0 Å². The molecule has 2 heteroatoms. The molecule has 1 rings (SSSR count). The number of hydrogen-bond acceptors (Lipinski definition) is 2. The second-order valence-electron chi connectivity index (χ2n) is 6.97. The fourth-order valence-corrected chi connectivity index (χ4v) is 3.93. The summed E-state index contributed by atoms with van der Waals surface area (Å²) in [5.74, 6) is 2.24. The molecule has 1 heterocycles. The maximum Gasteiger partial charge on any atom is 0.0110 e. The molecule has 0 spiro atoms. The lowest BCUT2D eigenvalue weighted by atomic mass is 9.81. The Morgan fingerprint density at radius 2 is 1.47 bits per heavy atom. The Labute approximate surface area is 121 Å². The molecule has 1 aliphatic heterocycles. The zero-order valence-corrected chi connectivity index (χ0v) is 14.2. The first kappa shape index (κ1) is 17.0. The molecule has 1 fully saturated rings. The number of rotatable bonds is 2. The molecule has 19 heavy (non-hydrogen) atoms. The van der Waals surface area contributed by atoms with E-state index < -0.39 is 0 Å². The molecule has 5 unspecified atom stereocenters. The topological polar surface area (TPSA) is 24.1 Å². The van der Waals surface area contributed by atoms with Gasteiger partial charge in [-0.1, -0.05) is 34.1 Å². The minimum Gasteiger partial charge on any atom is -0.311 e. The van der Waals surface area contributed by atoms with Crippen molar-refractivity contribution in [3.8, 4) is 0 Å². The van der Waals surface area contributed by atoms with Crippen LogP contribution in [0.1, 0.15) is 67.7 Å². The van der Waals surface area contributed by atoms with Crippen LogP contribution in [0.3, 0.4) is 0 Å². The summed E-state index contributed by atoms with van der Waals surface area (Å²) >= 11 is 0. The molecule has 1 aliphatic rings. The van der Waals surface area contributed by atoms with E-state index in [2.05, 4.69) is 59.1 Å². The normalized spacial score (nSPS) is 45.9. The van der Waals surface area contributed by atoms with Crippen molar-refractivity contribution in [3.05, 3.63) is 0 Å². The Kier molecular flexibility index (Phi) is 6.82. The molecule has 2 nitrogen and oxygen atoms in total. The van der Waals surface area contributed by atoms with Crippen molar-refractivity contribution in [3.63, 3.8) is 0 Å². The van der Waals surface area contributed by atoms with Crippen LogP contribution in [0.25, 0.3) is 0 Å². The standard InChI is InChI=1S/C17H36N2/c1-8-16-15(7)18-12(4)10-11(3)13(5)14(6)19-17(16)9-2/h11-19H,8-10H2,1-7H3/t11?,12?,13?,14?,15?,16-,17-/m0/s1. The van der Waals surface area contributed by atoms with Crippen LogP contribution in [-0.2, 0) is 0 Å². The van der Waals surface area contributed by atoms with Crippen LogP contribution in [0.4, 0.5) is 0 Å². The summed E-state index contributed by atoms with van der Waals surface area (Å²) in [7, 11) is 0. The largest absolute Gasteiger partial charge is 0.311 e. The smallest absolute Gasteiger partial charge is 0.0110 e. The van der Waals surface area contributed by atoms with E-state index in [1.807, 2.05) is 0 Å². The highest BCUT2D eigenvalue weighted by molar-refractivity contribution is 4.89. The van der Waals surface area contributed by atoms with Gasteiger partial charge >= 0.3 is 0 Å². The fourth-order valence-electron chi connectivity index (χ4n) is 3.93. The zero-order chi connectivity index (χ0) is 14.6. The van der Waals surface area contributed by atoms with Crippen molar-refractivity contribution in [2.24, 2.45) is 17.8 Å². The molecule has 7 atom stereocenters. The summed E-state index contributed by atoms with van der Waals surface area (Å²) in [6.45, 7) is 16.6. The van der Waals surface area contributed by atoms with Crippen LogP contribution >= 0.6 is 0 Å². The van der Waals surface area contributed by atoms with Gasteiger partial charge in [0.15, 0.2) is 0 Å². The lowest BCUT2D eigenvalue weighted by Gasteiger charge is -2.40. The van der Waals surface area contributed by atoms with E-state index in [1.54, 1.807) is 0 Å². The molecule has 1 saturated heterocycles. The summed E-state index contributed by atoms with van der Waals surface area (Å²) in [5.41, 5.74) is 0. The van der Waals surface area contributed by atoms with Gasteiger partial charge in [-0.25, -0.2) is 0 Å². The second-order valence-corrected chi connectivity index (χ2v) is 6.97. The highest BCUT2D eigenvalue weighted by atomic mass is 15.0. The van der Waals surface area contributed by atoms with Crippen LogP contribution in [0, 0.1) is 17.8 Å². The minimum atomic E-state index is 0.602. The van der Waals surface area contributed by atoms with E-state index in [-0.39, 0.29) is 0 Å². The molecule has 0 bridgehead atoms. The highest BCUT2D eigenvalue weighted by Crippen LogP contribution is 2.26. The Bertz CT molecular complexity index is 254. The molecular weight excluding hydrogens is 232 g/mol. The number of hydrogen-bond donors (Lipinski definition) is 2. The predicted molar refractivity (Wildman–Crippen MR) is 85.5 cm³/mol. The van der Waals surface area contributed by atoms with Crippen LogP contribution in [0.5, 0.6) is 0 Å². The third kappa shape index (κ3) is 4.46. The maximum absolute atomic E-state index is 3.92. The summed E-state index contributed by atoms with van der Waals surface area (Å²) < 4.78 is 0. The molecule has 0 saturated carbocycles. The first-order chi connectivity index (χ1) is 8.90. The fraction of sp³-hybridized carbons (Fsp3) is 1.00. The average molecular weight is 268 g/mol. The van der Waals surface area contributed by atoms with Crippen LogP contribution in [-0.4, -0.2) is 24.2 Å². The number of nitrogens with one attached hydrogen (secondary N) is 2. The monoisotopic (exact) mass is 268 g/mol. The van der Waals surface area contributed by atoms with Crippen molar-refractivity contribution in [2.75, 3.05) is 0 Å². The van der Waals surface area contributed by atoms with Gasteiger partial charge in [0, 0.05) is 24.2 Å². The Morgan fingerprint density at radius 1 is 0.842 bits per heavy atom. The van der Waals surface area contributed by atoms with Crippen molar-refractivity contribution < 1.29 is 0 Å². The Balaban J connectivity index is 2.90. The first-order valence-corrected chi connectivity index (χ1v) is 8.42. The predicted octanol–water partition coefficient (Wildman–Crippen LogP) is 3.81. The Hall–Kier alpha value is -0.0800. The van der Waals surface area contributed by atoms with Gasteiger partial charge in [-0.05, 0) is 51.4 Å². The summed E-state index contributed by atoms with van der Waals surface area (Å²) in [5, 5.41) is 7.76. The van der Waals surface area contributed by atoms with Crippen LogP contribution < -0.4 is 10.6 Å². The van der Waals surface area contributed by atoms with Crippen molar-refractivity contribution in [1.29, 1.82) is 0 Å². The van der Waals surface area contributed by atoms with Crippen LogP contribution in [0.2, 0.25) is 0 Å². The molecule has 0 aromatic heterocycles. The molecule has 0 aromatic carbocycles. The molecule has 0 amide bonds. The highest BCUT2D eigenvalue weighted by Gasteiger charge is 2.30. The van der Waals surface area contributed by atoms with Gasteiger partial charge in [-0.2, -0.15) is 0 Å². The molecular formula is C17H36N2. The maximum atomic E-state index is 3.92. The molecule has 0 aromatic rings. The lowest BCUT2D eigenvalue weighted by Crippen LogP contribution is -2.53. The first-order valence-electron chi connectivity index (χ1n) is 8.42. The van der Waals surface area contributed by atoms with E-state index in [0.29, 0.717) is 24.2 Å². The second kappa shape index (κ2) is 7.64.